The molecule has 1 aliphatic heterocycles. The van der Waals surface area contributed by atoms with E-state index >= 15 is 0 Å². The lowest BCUT2D eigenvalue weighted by Gasteiger charge is -2.26. The number of carbonyl (C=O) groups is 1. The molecule has 1 atom stereocenters. The number of sulfonamides is 1. The van der Waals surface area contributed by atoms with Crippen LogP contribution >= 0.6 is 0 Å². The van der Waals surface area contributed by atoms with E-state index in [9.17, 15) is 13.2 Å². The van der Waals surface area contributed by atoms with Crippen molar-refractivity contribution in [3.8, 4) is 0 Å². The molecular weight excluding hydrogens is 266 g/mol. The Morgan fingerprint density at radius 1 is 1.32 bits per heavy atom. The van der Waals surface area contributed by atoms with Crippen molar-refractivity contribution < 1.29 is 18.3 Å². The third-order valence-corrected chi connectivity index (χ3v) is 5.26. The molecular formula is C13H17NO4S. The maximum absolute atomic E-state index is 12.0. The highest BCUT2D eigenvalue weighted by Crippen LogP contribution is 2.31. The fourth-order valence-corrected chi connectivity index (χ4v) is 4.17. The first-order chi connectivity index (χ1) is 9.00. The third-order valence-electron chi connectivity index (χ3n) is 3.30. The van der Waals surface area contributed by atoms with Crippen molar-refractivity contribution in [1.82, 2.24) is 4.31 Å². The SMILES string of the molecule is O=C(O)CCC(c1ccccc1)N1CCCS1(=O)=O. The Morgan fingerprint density at radius 2 is 2.00 bits per heavy atom. The van der Waals surface area contributed by atoms with Crippen LogP contribution < -0.4 is 0 Å². The quantitative estimate of drug-likeness (QED) is 0.891. The largest absolute Gasteiger partial charge is 0.481 e. The average Bonchev–Trinajstić information content (AvgIpc) is 2.71. The summed E-state index contributed by atoms with van der Waals surface area (Å²) in [5, 5.41) is 8.81. The van der Waals surface area contributed by atoms with Crippen LogP contribution in [0.2, 0.25) is 0 Å². The fourth-order valence-electron chi connectivity index (χ4n) is 2.42. The summed E-state index contributed by atoms with van der Waals surface area (Å²) in [7, 11) is -3.24. The topological polar surface area (TPSA) is 74.7 Å². The molecule has 0 bridgehead atoms. The highest BCUT2D eigenvalue weighted by Gasteiger charge is 2.35. The summed E-state index contributed by atoms with van der Waals surface area (Å²) in [6.07, 6.45) is 0.878. The molecule has 6 heteroatoms. The van der Waals surface area contributed by atoms with Crippen LogP contribution in [-0.4, -0.2) is 36.1 Å². The first-order valence-corrected chi connectivity index (χ1v) is 7.88. The zero-order valence-electron chi connectivity index (χ0n) is 10.5. The summed E-state index contributed by atoms with van der Waals surface area (Å²) in [4.78, 5) is 10.7. The number of rotatable bonds is 5. The van der Waals surface area contributed by atoms with Crippen molar-refractivity contribution in [1.29, 1.82) is 0 Å². The predicted octanol–water partition coefficient (Wildman–Crippen LogP) is 1.63. The molecule has 1 aliphatic rings. The van der Waals surface area contributed by atoms with Gasteiger partial charge in [0.1, 0.15) is 0 Å². The Labute approximate surface area is 112 Å². The van der Waals surface area contributed by atoms with Crippen LogP contribution in [0.15, 0.2) is 30.3 Å². The monoisotopic (exact) mass is 283 g/mol. The van der Waals surface area contributed by atoms with E-state index in [0.29, 0.717) is 19.4 Å². The maximum atomic E-state index is 12.0. The van der Waals surface area contributed by atoms with Gasteiger partial charge in [0.25, 0.3) is 0 Å². The summed E-state index contributed by atoms with van der Waals surface area (Å²) in [6, 6.07) is 8.86. The molecule has 0 amide bonds. The van der Waals surface area contributed by atoms with Crippen LogP contribution in [0.3, 0.4) is 0 Å². The van der Waals surface area contributed by atoms with Crippen molar-refractivity contribution >= 4 is 16.0 Å². The van der Waals surface area contributed by atoms with Crippen molar-refractivity contribution in [2.45, 2.75) is 25.3 Å². The molecule has 0 saturated carbocycles. The molecule has 1 N–H and O–H groups in total. The van der Waals surface area contributed by atoms with Crippen molar-refractivity contribution in [2.75, 3.05) is 12.3 Å². The minimum atomic E-state index is -3.24. The van der Waals surface area contributed by atoms with Crippen LogP contribution in [0.1, 0.15) is 30.9 Å². The van der Waals surface area contributed by atoms with E-state index < -0.39 is 16.0 Å². The van der Waals surface area contributed by atoms with Gasteiger partial charge in [-0.3, -0.25) is 4.79 Å². The number of aliphatic carboxylic acids is 1. The smallest absolute Gasteiger partial charge is 0.303 e. The van der Waals surface area contributed by atoms with E-state index in [1.54, 1.807) is 0 Å². The maximum Gasteiger partial charge on any atom is 0.303 e. The molecule has 1 aromatic rings. The Hall–Kier alpha value is -1.40. The number of carboxylic acids is 1. The number of hydrogen-bond donors (Lipinski definition) is 1. The van der Waals surface area contributed by atoms with E-state index in [1.807, 2.05) is 30.3 Å². The summed E-state index contributed by atoms with van der Waals surface area (Å²) in [5.74, 6) is -0.749. The summed E-state index contributed by atoms with van der Waals surface area (Å²) >= 11 is 0. The van der Waals surface area contributed by atoms with E-state index in [4.69, 9.17) is 5.11 Å². The van der Waals surface area contributed by atoms with E-state index in [-0.39, 0.29) is 18.2 Å². The predicted molar refractivity (Wildman–Crippen MR) is 71.2 cm³/mol. The van der Waals surface area contributed by atoms with Gasteiger partial charge in [-0.2, -0.15) is 4.31 Å². The second-order valence-electron chi connectivity index (χ2n) is 4.64. The lowest BCUT2D eigenvalue weighted by molar-refractivity contribution is -0.137. The first-order valence-electron chi connectivity index (χ1n) is 6.27. The highest BCUT2D eigenvalue weighted by molar-refractivity contribution is 7.89. The number of hydrogen-bond acceptors (Lipinski definition) is 3. The van der Waals surface area contributed by atoms with Gasteiger partial charge in [-0.05, 0) is 18.4 Å². The Balaban J connectivity index is 2.27. The second-order valence-corrected chi connectivity index (χ2v) is 6.68. The van der Waals surface area contributed by atoms with Gasteiger partial charge in [0, 0.05) is 13.0 Å². The number of benzene rings is 1. The Morgan fingerprint density at radius 3 is 2.53 bits per heavy atom. The first kappa shape index (κ1) is 14.0. The molecule has 1 heterocycles. The summed E-state index contributed by atoms with van der Waals surface area (Å²) in [6.45, 7) is 0.474. The van der Waals surface area contributed by atoms with Gasteiger partial charge >= 0.3 is 5.97 Å². The normalized spacial score (nSPS) is 20.2. The zero-order valence-corrected chi connectivity index (χ0v) is 11.3. The molecule has 0 radical (unpaired) electrons. The van der Waals surface area contributed by atoms with Crippen molar-refractivity contribution in [3.63, 3.8) is 0 Å². The van der Waals surface area contributed by atoms with Gasteiger partial charge < -0.3 is 5.11 Å². The molecule has 0 aromatic heterocycles. The van der Waals surface area contributed by atoms with Crippen molar-refractivity contribution in [2.24, 2.45) is 0 Å². The molecule has 104 valence electrons. The van der Waals surface area contributed by atoms with Gasteiger partial charge in [-0.15, -0.1) is 0 Å². The standard InChI is InChI=1S/C13H17NO4S/c15-13(16)8-7-12(11-5-2-1-3-6-11)14-9-4-10-19(14,17)18/h1-3,5-6,12H,4,7-10H2,(H,15,16). The van der Waals surface area contributed by atoms with Gasteiger partial charge in [0.15, 0.2) is 0 Å². The summed E-state index contributed by atoms with van der Waals surface area (Å²) in [5.41, 5.74) is 0.856. The zero-order chi connectivity index (χ0) is 13.9. The molecule has 0 aliphatic carbocycles. The van der Waals surface area contributed by atoms with Crippen LogP contribution in [0.5, 0.6) is 0 Å². The Bertz CT molecular complexity index is 541. The van der Waals surface area contributed by atoms with Gasteiger partial charge in [0.05, 0.1) is 11.8 Å². The minimum absolute atomic E-state index is 0.0361. The molecule has 1 aromatic carbocycles. The van der Waals surface area contributed by atoms with Gasteiger partial charge in [-0.25, -0.2) is 8.42 Å². The third kappa shape index (κ3) is 3.33. The van der Waals surface area contributed by atoms with Crippen LogP contribution in [-0.2, 0) is 14.8 Å². The lowest BCUT2D eigenvalue weighted by Crippen LogP contribution is -2.31. The number of nitrogens with zero attached hydrogens (tertiary/aromatic N) is 1. The average molecular weight is 283 g/mol. The van der Waals surface area contributed by atoms with E-state index in [1.165, 1.54) is 4.31 Å². The van der Waals surface area contributed by atoms with E-state index in [2.05, 4.69) is 0 Å². The van der Waals surface area contributed by atoms with E-state index in [0.717, 1.165) is 5.56 Å². The second kappa shape index (κ2) is 5.71. The Kier molecular flexibility index (Phi) is 4.21. The molecule has 0 spiro atoms. The van der Waals surface area contributed by atoms with Crippen LogP contribution in [0.4, 0.5) is 0 Å². The molecule has 2 rings (SSSR count). The van der Waals surface area contributed by atoms with Gasteiger partial charge in [-0.1, -0.05) is 30.3 Å². The number of carboxylic acid groups (broad SMARTS) is 1. The molecule has 1 saturated heterocycles. The fraction of sp³-hybridized carbons (Fsp3) is 0.462. The molecule has 19 heavy (non-hydrogen) atoms. The highest BCUT2D eigenvalue weighted by atomic mass is 32.2. The van der Waals surface area contributed by atoms with Gasteiger partial charge in [0.2, 0.25) is 10.0 Å². The van der Waals surface area contributed by atoms with Crippen LogP contribution in [0, 0.1) is 0 Å². The molecule has 1 unspecified atom stereocenters. The lowest BCUT2D eigenvalue weighted by atomic mass is 10.0. The molecule has 5 nitrogen and oxygen atoms in total. The van der Waals surface area contributed by atoms with Crippen molar-refractivity contribution in [3.05, 3.63) is 35.9 Å². The molecule has 1 fully saturated rings. The summed E-state index contributed by atoms with van der Waals surface area (Å²) < 4.78 is 25.4. The minimum Gasteiger partial charge on any atom is -0.481 e. The van der Waals surface area contributed by atoms with Crippen LogP contribution in [0.25, 0.3) is 0 Å².